The molecule has 1 atom stereocenters. The normalized spacial score (nSPS) is 16.6. The fraction of sp³-hybridized carbons (Fsp3) is 0.391. The standard InChI is InChI=1S/C23H26N4O3/c1-3-11-24-21(28)17-10-7-12-27(14-17)23(29)18-13-19(16-8-5-4-6-9-16)25-22-20(18)15(2)26-30-22/h4-6,8-9,13,17H,3,7,10-12,14H2,1-2H3,(H,24,28). The molecule has 156 valence electrons. The van der Waals surface area contributed by atoms with Gasteiger partial charge in [0.25, 0.3) is 11.6 Å². The Balaban J connectivity index is 1.67. The minimum atomic E-state index is -0.177. The molecule has 0 radical (unpaired) electrons. The minimum Gasteiger partial charge on any atom is -0.356 e. The maximum absolute atomic E-state index is 13.5. The second kappa shape index (κ2) is 8.65. The van der Waals surface area contributed by atoms with Crippen molar-refractivity contribution >= 4 is 22.9 Å². The Morgan fingerprint density at radius 1 is 1.27 bits per heavy atom. The van der Waals surface area contributed by atoms with Gasteiger partial charge in [0.2, 0.25) is 5.91 Å². The molecule has 0 saturated carbocycles. The van der Waals surface area contributed by atoms with Gasteiger partial charge in [-0.15, -0.1) is 0 Å². The van der Waals surface area contributed by atoms with Crippen molar-refractivity contribution in [1.82, 2.24) is 20.4 Å². The van der Waals surface area contributed by atoms with Gasteiger partial charge in [-0.2, -0.15) is 0 Å². The third-order valence-electron chi connectivity index (χ3n) is 5.55. The predicted octanol–water partition coefficient (Wildman–Crippen LogP) is 3.58. The van der Waals surface area contributed by atoms with Crippen molar-refractivity contribution in [1.29, 1.82) is 0 Å². The van der Waals surface area contributed by atoms with Crippen molar-refractivity contribution < 1.29 is 14.1 Å². The number of amides is 2. The van der Waals surface area contributed by atoms with E-state index >= 15 is 0 Å². The lowest BCUT2D eigenvalue weighted by Gasteiger charge is -2.32. The van der Waals surface area contributed by atoms with Crippen LogP contribution in [0.15, 0.2) is 40.9 Å². The number of aryl methyl sites for hydroxylation is 1. The van der Waals surface area contributed by atoms with Crippen molar-refractivity contribution in [3.63, 3.8) is 0 Å². The second-order valence-corrected chi connectivity index (χ2v) is 7.75. The van der Waals surface area contributed by atoms with Crippen LogP contribution in [0.3, 0.4) is 0 Å². The number of hydrogen-bond acceptors (Lipinski definition) is 5. The molecule has 1 saturated heterocycles. The molecule has 7 heteroatoms. The van der Waals surface area contributed by atoms with Crippen LogP contribution in [0.1, 0.15) is 42.2 Å². The van der Waals surface area contributed by atoms with E-state index in [-0.39, 0.29) is 17.7 Å². The smallest absolute Gasteiger partial charge is 0.259 e. The van der Waals surface area contributed by atoms with Gasteiger partial charge in [0.1, 0.15) is 0 Å². The Morgan fingerprint density at radius 2 is 2.07 bits per heavy atom. The molecule has 2 amide bonds. The molecule has 0 bridgehead atoms. The predicted molar refractivity (Wildman–Crippen MR) is 114 cm³/mol. The van der Waals surface area contributed by atoms with Gasteiger partial charge in [-0.05, 0) is 32.3 Å². The number of aromatic nitrogens is 2. The van der Waals surface area contributed by atoms with Crippen molar-refractivity contribution in [2.75, 3.05) is 19.6 Å². The zero-order chi connectivity index (χ0) is 21.1. The summed E-state index contributed by atoms with van der Waals surface area (Å²) in [6, 6.07) is 11.5. The molecule has 7 nitrogen and oxygen atoms in total. The van der Waals surface area contributed by atoms with Crippen molar-refractivity contribution in [3.8, 4) is 11.3 Å². The number of carbonyl (C=O) groups is 2. The van der Waals surface area contributed by atoms with Crippen molar-refractivity contribution in [2.45, 2.75) is 33.1 Å². The third kappa shape index (κ3) is 3.92. The Bertz CT molecular complexity index is 1060. The van der Waals surface area contributed by atoms with Crippen LogP contribution in [0.4, 0.5) is 0 Å². The first kappa shape index (κ1) is 20.1. The molecule has 1 aromatic carbocycles. The van der Waals surface area contributed by atoms with E-state index < -0.39 is 0 Å². The fourth-order valence-corrected chi connectivity index (χ4v) is 3.96. The van der Waals surface area contributed by atoms with Crippen LogP contribution >= 0.6 is 0 Å². The Hall–Kier alpha value is -3.22. The Kier molecular flexibility index (Phi) is 5.79. The van der Waals surface area contributed by atoms with Gasteiger partial charge in [-0.25, -0.2) is 4.98 Å². The van der Waals surface area contributed by atoms with Crippen LogP contribution in [0.5, 0.6) is 0 Å². The highest BCUT2D eigenvalue weighted by atomic mass is 16.5. The van der Waals surface area contributed by atoms with Crippen LogP contribution in [0.2, 0.25) is 0 Å². The summed E-state index contributed by atoms with van der Waals surface area (Å²) in [7, 11) is 0. The summed E-state index contributed by atoms with van der Waals surface area (Å²) in [5.41, 5.74) is 3.07. The third-order valence-corrected chi connectivity index (χ3v) is 5.55. The number of rotatable bonds is 5. The van der Waals surface area contributed by atoms with E-state index in [0.29, 0.717) is 47.7 Å². The lowest BCUT2D eigenvalue weighted by Crippen LogP contribution is -2.45. The van der Waals surface area contributed by atoms with E-state index in [1.54, 1.807) is 4.90 Å². The average Bonchev–Trinajstić information content (AvgIpc) is 3.17. The van der Waals surface area contributed by atoms with E-state index in [0.717, 1.165) is 24.8 Å². The van der Waals surface area contributed by atoms with Crippen LogP contribution in [-0.2, 0) is 4.79 Å². The van der Waals surface area contributed by atoms with Crippen LogP contribution in [0, 0.1) is 12.8 Å². The minimum absolute atomic E-state index is 0.0281. The zero-order valence-electron chi connectivity index (χ0n) is 17.4. The van der Waals surface area contributed by atoms with Crippen LogP contribution < -0.4 is 5.32 Å². The van der Waals surface area contributed by atoms with E-state index in [2.05, 4.69) is 15.5 Å². The molecule has 4 rings (SSSR count). The van der Waals surface area contributed by atoms with Crippen molar-refractivity contribution in [3.05, 3.63) is 47.7 Å². The number of pyridine rings is 1. The molecule has 1 aliphatic rings. The van der Waals surface area contributed by atoms with Crippen LogP contribution in [-0.4, -0.2) is 46.5 Å². The molecular formula is C23H26N4O3. The highest BCUT2D eigenvalue weighted by Crippen LogP contribution is 2.29. The quantitative estimate of drug-likeness (QED) is 0.700. The van der Waals surface area contributed by atoms with Gasteiger partial charge >= 0.3 is 0 Å². The monoisotopic (exact) mass is 406 g/mol. The van der Waals surface area contributed by atoms with E-state index in [1.165, 1.54) is 0 Å². The van der Waals surface area contributed by atoms with Gasteiger partial charge in [-0.3, -0.25) is 9.59 Å². The summed E-state index contributed by atoms with van der Waals surface area (Å²) in [6.45, 7) is 5.55. The molecule has 30 heavy (non-hydrogen) atoms. The maximum Gasteiger partial charge on any atom is 0.259 e. The first-order chi connectivity index (χ1) is 14.6. The SMILES string of the molecule is CCCNC(=O)C1CCCN(C(=O)c2cc(-c3ccccc3)nc3onc(C)c23)C1. The lowest BCUT2D eigenvalue weighted by molar-refractivity contribution is -0.126. The number of fused-ring (bicyclic) bond motifs is 1. The van der Waals surface area contributed by atoms with Crippen LogP contribution in [0.25, 0.3) is 22.4 Å². The van der Waals surface area contributed by atoms with E-state index in [1.807, 2.05) is 50.2 Å². The van der Waals surface area contributed by atoms with E-state index in [9.17, 15) is 9.59 Å². The van der Waals surface area contributed by atoms with Gasteiger partial charge < -0.3 is 14.7 Å². The largest absolute Gasteiger partial charge is 0.356 e. The summed E-state index contributed by atoms with van der Waals surface area (Å²) in [6.07, 6.45) is 2.50. The number of likely N-dealkylation sites (tertiary alicyclic amines) is 1. The molecule has 3 heterocycles. The number of nitrogens with one attached hydrogen (secondary N) is 1. The topological polar surface area (TPSA) is 88.3 Å². The highest BCUT2D eigenvalue weighted by Gasteiger charge is 2.30. The Morgan fingerprint density at radius 3 is 2.83 bits per heavy atom. The summed E-state index contributed by atoms with van der Waals surface area (Å²) in [5.74, 6) is -0.261. The second-order valence-electron chi connectivity index (χ2n) is 7.75. The molecule has 1 aliphatic heterocycles. The molecule has 3 aromatic rings. The Labute approximate surface area is 175 Å². The summed E-state index contributed by atoms with van der Waals surface area (Å²) in [4.78, 5) is 32.3. The molecule has 2 aromatic heterocycles. The molecule has 0 aliphatic carbocycles. The lowest BCUT2D eigenvalue weighted by atomic mass is 9.96. The first-order valence-electron chi connectivity index (χ1n) is 10.5. The summed E-state index contributed by atoms with van der Waals surface area (Å²) >= 11 is 0. The maximum atomic E-state index is 13.5. The van der Waals surface area contributed by atoms with E-state index in [4.69, 9.17) is 4.52 Å². The fourth-order valence-electron chi connectivity index (χ4n) is 3.96. The zero-order valence-corrected chi connectivity index (χ0v) is 17.4. The number of carbonyl (C=O) groups excluding carboxylic acids is 2. The number of piperidine rings is 1. The van der Waals surface area contributed by atoms with Gasteiger partial charge in [0, 0.05) is 25.2 Å². The number of hydrogen-bond donors (Lipinski definition) is 1. The number of nitrogens with zero attached hydrogens (tertiary/aromatic N) is 3. The summed E-state index contributed by atoms with van der Waals surface area (Å²) in [5, 5.41) is 7.61. The molecule has 1 unspecified atom stereocenters. The average molecular weight is 406 g/mol. The molecule has 1 fully saturated rings. The molecular weight excluding hydrogens is 380 g/mol. The highest BCUT2D eigenvalue weighted by molar-refractivity contribution is 6.07. The summed E-state index contributed by atoms with van der Waals surface area (Å²) < 4.78 is 5.40. The van der Waals surface area contributed by atoms with Gasteiger partial charge in [0.05, 0.1) is 28.3 Å². The molecule has 1 N–H and O–H groups in total. The van der Waals surface area contributed by atoms with Crippen molar-refractivity contribution in [2.24, 2.45) is 5.92 Å². The first-order valence-corrected chi connectivity index (χ1v) is 10.5. The number of benzene rings is 1. The molecule has 0 spiro atoms. The van der Waals surface area contributed by atoms with Gasteiger partial charge in [-0.1, -0.05) is 42.4 Å². The van der Waals surface area contributed by atoms with Gasteiger partial charge in [0.15, 0.2) is 0 Å².